The average molecular weight is 379 g/mol. The van der Waals surface area contributed by atoms with Gasteiger partial charge in [-0.25, -0.2) is 0 Å². The molecular formula is C15H19ClO7S. The van der Waals surface area contributed by atoms with Gasteiger partial charge in [0.1, 0.15) is 24.1 Å². The summed E-state index contributed by atoms with van der Waals surface area (Å²) < 4.78 is 21.2. The van der Waals surface area contributed by atoms with Crippen molar-refractivity contribution in [3.05, 3.63) is 29.3 Å². The zero-order chi connectivity index (χ0) is 17.7. The lowest BCUT2D eigenvalue weighted by molar-refractivity contribution is -0.298. The Kier molecular flexibility index (Phi) is 7.17. The normalized spacial score (nSPS) is 30.0. The van der Waals surface area contributed by atoms with Gasteiger partial charge in [-0.05, 0) is 31.2 Å². The van der Waals surface area contributed by atoms with Gasteiger partial charge in [-0.2, -0.15) is 0 Å². The molecule has 5 atom stereocenters. The second-order valence-electron chi connectivity index (χ2n) is 5.05. The molecule has 1 aromatic carbocycles. The number of benzene rings is 1. The van der Waals surface area contributed by atoms with Crippen LogP contribution in [0.1, 0.15) is 6.92 Å². The van der Waals surface area contributed by atoms with E-state index in [1.807, 2.05) is 0 Å². The number of ether oxygens (including phenoxy) is 4. The molecule has 1 heterocycles. The molecule has 0 radical (unpaired) electrons. The van der Waals surface area contributed by atoms with Crippen molar-refractivity contribution < 1.29 is 34.3 Å². The van der Waals surface area contributed by atoms with Crippen molar-refractivity contribution in [1.29, 1.82) is 0 Å². The standard InChI is InChI=1S/C15H19ClO7S/c1-2-20-14-12(19)13(11(18)10(7-17)22-14)23-15(24)21-9-5-3-8(16)4-6-9/h3-6,10-14,17-19H,2,7H2,1H3/t10-,11-,12+,13+,14-/m1/s1. The summed E-state index contributed by atoms with van der Waals surface area (Å²) in [6.07, 6.45) is -5.83. The predicted octanol–water partition coefficient (Wildman–Crippen LogP) is 0.864. The van der Waals surface area contributed by atoms with E-state index in [1.165, 1.54) is 0 Å². The van der Waals surface area contributed by atoms with Gasteiger partial charge in [-0.3, -0.25) is 0 Å². The zero-order valence-electron chi connectivity index (χ0n) is 12.9. The summed E-state index contributed by atoms with van der Waals surface area (Å²) in [5.41, 5.74) is 0. The summed E-state index contributed by atoms with van der Waals surface area (Å²) >= 11 is 10.8. The fraction of sp³-hybridized carbons (Fsp3) is 0.533. The maximum absolute atomic E-state index is 10.2. The van der Waals surface area contributed by atoms with Gasteiger partial charge in [-0.15, -0.1) is 0 Å². The minimum atomic E-state index is -1.31. The van der Waals surface area contributed by atoms with E-state index < -0.39 is 37.3 Å². The molecule has 0 bridgehead atoms. The van der Waals surface area contributed by atoms with Crippen molar-refractivity contribution >= 4 is 29.1 Å². The number of thiocarbonyl (C=S) groups is 1. The van der Waals surface area contributed by atoms with Gasteiger partial charge in [0.15, 0.2) is 12.4 Å². The number of hydrogen-bond donors (Lipinski definition) is 3. The maximum atomic E-state index is 10.2. The van der Waals surface area contributed by atoms with Crippen LogP contribution in [0, 0.1) is 0 Å². The molecule has 0 aromatic heterocycles. The van der Waals surface area contributed by atoms with Crippen LogP contribution < -0.4 is 4.74 Å². The summed E-state index contributed by atoms with van der Waals surface area (Å²) in [7, 11) is 0. The third kappa shape index (κ3) is 4.76. The summed E-state index contributed by atoms with van der Waals surface area (Å²) in [4.78, 5) is 0. The molecule has 3 N–H and O–H groups in total. The Bertz CT molecular complexity index is 541. The molecular weight excluding hydrogens is 360 g/mol. The highest BCUT2D eigenvalue weighted by Crippen LogP contribution is 2.25. The van der Waals surface area contributed by atoms with Crippen LogP contribution in [0.3, 0.4) is 0 Å². The van der Waals surface area contributed by atoms with Gasteiger partial charge < -0.3 is 34.3 Å². The molecule has 24 heavy (non-hydrogen) atoms. The smallest absolute Gasteiger partial charge is 0.358 e. The van der Waals surface area contributed by atoms with E-state index >= 15 is 0 Å². The fourth-order valence-electron chi connectivity index (χ4n) is 2.23. The first-order valence-corrected chi connectivity index (χ1v) is 8.13. The lowest BCUT2D eigenvalue weighted by Gasteiger charge is -2.41. The summed E-state index contributed by atoms with van der Waals surface area (Å²) in [6, 6.07) is 6.41. The third-order valence-corrected chi connectivity index (χ3v) is 3.83. The Hall–Kier alpha value is -1.00. The van der Waals surface area contributed by atoms with Gasteiger partial charge in [0.25, 0.3) is 0 Å². The molecule has 1 fully saturated rings. The highest BCUT2D eigenvalue weighted by atomic mass is 35.5. The number of aliphatic hydroxyl groups is 3. The molecule has 0 unspecified atom stereocenters. The maximum Gasteiger partial charge on any atom is 0.358 e. The van der Waals surface area contributed by atoms with E-state index in [4.69, 9.17) is 42.8 Å². The highest BCUT2D eigenvalue weighted by molar-refractivity contribution is 7.79. The third-order valence-electron chi connectivity index (χ3n) is 3.40. The van der Waals surface area contributed by atoms with Gasteiger partial charge in [0.2, 0.25) is 0 Å². The molecule has 1 aromatic rings. The Morgan fingerprint density at radius 1 is 1.25 bits per heavy atom. The number of halogens is 1. The second-order valence-corrected chi connectivity index (χ2v) is 5.82. The fourth-order valence-corrected chi connectivity index (χ4v) is 2.56. The first-order valence-electron chi connectivity index (χ1n) is 7.34. The van der Waals surface area contributed by atoms with Crippen molar-refractivity contribution in [2.75, 3.05) is 13.2 Å². The van der Waals surface area contributed by atoms with E-state index in [2.05, 4.69) is 0 Å². The van der Waals surface area contributed by atoms with E-state index in [0.717, 1.165) is 0 Å². The van der Waals surface area contributed by atoms with E-state index in [-0.39, 0.29) is 11.8 Å². The van der Waals surface area contributed by atoms with E-state index in [1.54, 1.807) is 31.2 Å². The lowest BCUT2D eigenvalue weighted by Crippen LogP contribution is -2.60. The van der Waals surface area contributed by atoms with Crippen molar-refractivity contribution in [3.8, 4) is 5.75 Å². The van der Waals surface area contributed by atoms with Crippen LogP contribution in [-0.4, -0.2) is 64.5 Å². The topological polar surface area (TPSA) is 97.6 Å². The van der Waals surface area contributed by atoms with Crippen molar-refractivity contribution in [2.24, 2.45) is 0 Å². The quantitative estimate of drug-likeness (QED) is 0.649. The van der Waals surface area contributed by atoms with Crippen LogP contribution in [-0.2, 0) is 14.2 Å². The molecule has 2 rings (SSSR count). The van der Waals surface area contributed by atoms with Gasteiger partial charge in [0.05, 0.1) is 6.61 Å². The van der Waals surface area contributed by atoms with Crippen molar-refractivity contribution in [2.45, 2.75) is 37.6 Å². The largest absolute Gasteiger partial charge is 0.447 e. The van der Waals surface area contributed by atoms with Crippen LogP contribution in [0.5, 0.6) is 5.75 Å². The Morgan fingerprint density at radius 3 is 2.50 bits per heavy atom. The number of rotatable bonds is 5. The lowest BCUT2D eigenvalue weighted by atomic mass is 9.99. The minimum absolute atomic E-state index is 0.272. The summed E-state index contributed by atoms with van der Waals surface area (Å²) in [5.74, 6) is 0.389. The molecule has 7 nitrogen and oxygen atoms in total. The zero-order valence-corrected chi connectivity index (χ0v) is 14.4. The molecule has 0 saturated carbocycles. The minimum Gasteiger partial charge on any atom is -0.447 e. The van der Waals surface area contributed by atoms with Crippen LogP contribution in [0.15, 0.2) is 24.3 Å². The Morgan fingerprint density at radius 2 is 1.92 bits per heavy atom. The Balaban J connectivity index is 2.03. The van der Waals surface area contributed by atoms with Crippen LogP contribution in [0.2, 0.25) is 5.02 Å². The van der Waals surface area contributed by atoms with Crippen LogP contribution >= 0.6 is 23.8 Å². The summed E-state index contributed by atoms with van der Waals surface area (Å²) in [5, 5.41) is 30.0. The second kappa shape index (κ2) is 8.91. The van der Waals surface area contributed by atoms with Crippen LogP contribution in [0.4, 0.5) is 0 Å². The van der Waals surface area contributed by atoms with Crippen LogP contribution in [0.25, 0.3) is 0 Å². The first-order chi connectivity index (χ1) is 11.5. The molecule has 0 spiro atoms. The molecule has 1 aliphatic heterocycles. The molecule has 0 amide bonds. The molecule has 1 saturated heterocycles. The molecule has 134 valence electrons. The van der Waals surface area contributed by atoms with E-state index in [9.17, 15) is 15.3 Å². The van der Waals surface area contributed by atoms with Crippen molar-refractivity contribution in [1.82, 2.24) is 0 Å². The average Bonchev–Trinajstić information content (AvgIpc) is 2.56. The van der Waals surface area contributed by atoms with Crippen molar-refractivity contribution in [3.63, 3.8) is 0 Å². The highest BCUT2D eigenvalue weighted by Gasteiger charge is 2.47. The summed E-state index contributed by atoms with van der Waals surface area (Å²) in [6.45, 7) is 1.52. The number of aliphatic hydroxyl groups excluding tert-OH is 3. The monoisotopic (exact) mass is 378 g/mol. The van der Waals surface area contributed by atoms with Gasteiger partial charge in [0, 0.05) is 23.8 Å². The first kappa shape index (κ1) is 19.3. The molecule has 0 aliphatic carbocycles. The van der Waals surface area contributed by atoms with E-state index in [0.29, 0.717) is 10.8 Å². The molecule has 1 aliphatic rings. The Labute approximate surface area is 149 Å². The van der Waals surface area contributed by atoms with Gasteiger partial charge in [-0.1, -0.05) is 11.6 Å². The number of hydrogen-bond acceptors (Lipinski definition) is 8. The SMILES string of the molecule is CCO[C@@H]1O[C@H](CO)[C@@H](O)[C@H](OC(=S)Oc2ccc(Cl)cc2)[C@@H]1O. The predicted molar refractivity (Wildman–Crippen MR) is 88.9 cm³/mol. The van der Waals surface area contributed by atoms with Gasteiger partial charge >= 0.3 is 5.24 Å². The molecule has 9 heteroatoms.